The lowest BCUT2D eigenvalue weighted by atomic mass is 10.1. The smallest absolute Gasteiger partial charge is 0.230 e. The van der Waals surface area contributed by atoms with Crippen LogP contribution in [0.5, 0.6) is 0 Å². The molecule has 0 aliphatic heterocycles. The summed E-state index contributed by atoms with van der Waals surface area (Å²) in [5, 5.41) is 23.4. The van der Waals surface area contributed by atoms with Gasteiger partial charge >= 0.3 is 0 Å². The van der Waals surface area contributed by atoms with Gasteiger partial charge in [-0.2, -0.15) is 5.10 Å². The molecule has 0 aliphatic carbocycles. The normalized spacial score (nSPS) is 10.7. The fraction of sp³-hybridized carbons (Fsp3) is 0.259. The Morgan fingerprint density at radius 3 is 2.32 bits per heavy atom. The Labute approximate surface area is 219 Å². The lowest BCUT2D eigenvalue weighted by Crippen LogP contribution is -2.24. The fourth-order valence-corrected chi connectivity index (χ4v) is 4.53. The molecule has 37 heavy (non-hydrogen) atoms. The number of benzene rings is 2. The molecule has 0 atom stereocenters. The zero-order valence-corrected chi connectivity index (χ0v) is 21.2. The Balaban J connectivity index is 1.18. The molecule has 2 amide bonds. The molecule has 0 radical (unpaired) electrons. The maximum absolute atomic E-state index is 12.5. The first-order valence-corrected chi connectivity index (χ1v) is 12.9. The van der Waals surface area contributed by atoms with Crippen molar-refractivity contribution >= 4 is 34.1 Å². The van der Waals surface area contributed by atoms with Crippen LogP contribution in [0, 0.1) is 0 Å². The van der Waals surface area contributed by atoms with E-state index in [4.69, 9.17) is 5.73 Å². The van der Waals surface area contributed by atoms with Crippen molar-refractivity contribution in [3.8, 4) is 0 Å². The van der Waals surface area contributed by atoms with Gasteiger partial charge in [0.25, 0.3) is 0 Å². The number of aryl methyl sites for hydroxylation is 2. The maximum atomic E-state index is 12.5. The Morgan fingerprint density at radius 1 is 0.757 bits per heavy atom. The van der Waals surface area contributed by atoms with E-state index in [0.29, 0.717) is 23.9 Å². The summed E-state index contributed by atoms with van der Waals surface area (Å²) in [7, 11) is 0. The van der Waals surface area contributed by atoms with Gasteiger partial charge < -0.3 is 16.4 Å². The molecule has 2 aromatic heterocycles. The predicted molar refractivity (Wildman–Crippen MR) is 144 cm³/mol. The summed E-state index contributed by atoms with van der Waals surface area (Å²) in [6.45, 7) is 0.409. The number of carbonyl (C=O) groups is 2. The molecule has 0 saturated carbocycles. The minimum atomic E-state index is -0.158. The number of nitrogens with one attached hydrogen (secondary N) is 2. The number of nitrogens with zero attached hydrogens (tertiary/aromatic N) is 4. The number of carbonyl (C=O) groups excluding carboxylic acids is 2. The minimum absolute atomic E-state index is 0.0413. The molecule has 4 aromatic rings. The van der Waals surface area contributed by atoms with E-state index in [1.54, 1.807) is 6.07 Å². The quantitative estimate of drug-likeness (QED) is 0.246. The molecule has 10 heteroatoms. The second-order valence-corrected chi connectivity index (χ2v) is 9.70. The highest BCUT2D eigenvalue weighted by Gasteiger charge is 2.10. The van der Waals surface area contributed by atoms with E-state index in [0.717, 1.165) is 53.1 Å². The van der Waals surface area contributed by atoms with Crippen molar-refractivity contribution in [2.45, 2.75) is 45.1 Å². The highest BCUT2D eigenvalue weighted by molar-refractivity contribution is 7.15. The largest absolute Gasteiger partial charge is 0.382 e. The summed E-state index contributed by atoms with van der Waals surface area (Å²) in [6, 6.07) is 20.9. The number of hydrogen-bond acceptors (Lipinski definition) is 8. The van der Waals surface area contributed by atoms with Gasteiger partial charge in [-0.05, 0) is 48.1 Å². The van der Waals surface area contributed by atoms with Gasteiger partial charge in [-0.3, -0.25) is 9.59 Å². The lowest BCUT2D eigenvalue weighted by molar-refractivity contribution is -0.120. The van der Waals surface area contributed by atoms with Crippen LogP contribution in [0.1, 0.15) is 40.2 Å². The predicted octanol–water partition coefficient (Wildman–Crippen LogP) is 3.52. The molecule has 0 bridgehead atoms. The first-order valence-electron chi connectivity index (χ1n) is 12.1. The Bertz CT molecular complexity index is 1310. The van der Waals surface area contributed by atoms with Crippen LogP contribution in [-0.2, 0) is 41.8 Å². The zero-order chi connectivity index (χ0) is 25.9. The monoisotopic (exact) mass is 515 g/mol. The SMILES string of the molecule is Nc1ccc(CCCCc2nnc(NC(=O)Cc3cccc(CNC(=O)Cc4ccccc4)c3)s2)nn1. The van der Waals surface area contributed by atoms with Gasteiger partial charge in [-0.25, -0.2) is 0 Å². The number of amides is 2. The van der Waals surface area contributed by atoms with Crippen molar-refractivity contribution in [1.82, 2.24) is 25.7 Å². The Hall–Kier alpha value is -4.18. The summed E-state index contributed by atoms with van der Waals surface area (Å²) >= 11 is 1.39. The Kier molecular flexibility index (Phi) is 9.25. The summed E-state index contributed by atoms with van der Waals surface area (Å²) in [4.78, 5) is 24.8. The molecule has 2 aromatic carbocycles. The average molecular weight is 516 g/mol. The minimum Gasteiger partial charge on any atom is -0.382 e. The van der Waals surface area contributed by atoms with E-state index in [-0.39, 0.29) is 18.2 Å². The number of rotatable bonds is 12. The van der Waals surface area contributed by atoms with E-state index in [2.05, 4.69) is 31.0 Å². The van der Waals surface area contributed by atoms with E-state index in [1.165, 1.54) is 11.3 Å². The van der Waals surface area contributed by atoms with Gasteiger partial charge in [0.15, 0.2) is 0 Å². The Morgan fingerprint density at radius 2 is 1.51 bits per heavy atom. The third-order valence-electron chi connectivity index (χ3n) is 5.58. The molecular formula is C27H29N7O2S. The number of anilines is 2. The molecule has 0 spiro atoms. The van der Waals surface area contributed by atoms with Crippen LogP contribution in [0.25, 0.3) is 0 Å². The van der Waals surface area contributed by atoms with Gasteiger partial charge in [0.1, 0.15) is 10.8 Å². The molecule has 4 N–H and O–H groups in total. The van der Waals surface area contributed by atoms with Gasteiger partial charge in [0, 0.05) is 13.0 Å². The first-order chi connectivity index (χ1) is 18.0. The molecule has 0 aliphatic rings. The third kappa shape index (κ3) is 8.76. The van der Waals surface area contributed by atoms with Crippen molar-refractivity contribution in [3.05, 3.63) is 94.1 Å². The van der Waals surface area contributed by atoms with Crippen molar-refractivity contribution in [3.63, 3.8) is 0 Å². The summed E-state index contributed by atoms with van der Waals surface area (Å²) in [6.07, 6.45) is 4.04. The van der Waals surface area contributed by atoms with E-state index >= 15 is 0 Å². The van der Waals surface area contributed by atoms with Crippen LogP contribution in [0.2, 0.25) is 0 Å². The van der Waals surface area contributed by atoms with E-state index in [9.17, 15) is 9.59 Å². The molecule has 0 fully saturated rings. The van der Waals surface area contributed by atoms with Crippen LogP contribution in [0.4, 0.5) is 10.9 Å². The number of aromatic nitrogens is 4. The van der Waals surface area contributed by atoms with Crippen molar-refractivity contribution in [2.24, 2.45) is 0 Å². The molecule has 9 nitrogen and oxygen atoms in total. The fourth-order valence-electron chi connectivity index (χ4n) is 3.73. The second kappa shape index (κ2) is 13.2. The van der Waals surface area contributed by atoms with Crippen LogP contribution < -0.4 is 16.4 Å². The lowest BCUT2D eigenvalue weighted by Gasteiger charge is -2.08. The van der Waals surface area contributed by atoms with Crippen LogP contribution in [0.15, 0.2) is 66.7 Å². The van der Waals surface area contributed by atoms with Gasteiger partial charge in [0.05, 0.1) is 18.5 Å². The van der Waals surface area contributed by atoms with Crippen molar-refractivity contribution in [1.29, 1.82) is 0 Å². The maximum Gasteiger partial charge on any atom is 0.230 e. The van der Waals surface area contributed by atoms with Crippen LogP contribution >= 0.6 is 11.3 Å². The van der Waals surface area contributed by atoms with Crippen molar-refractivity contribution < 1.29 is 9.59 Å². The number of nitrogen functional groups attached to an aromatic ring is 1. The van der Waals surface area contributed by atoms with E-state index < -0.39 is 0 Å². The number of hydrogen-bond donors (Lipinski definition) is 3. The van der Waals surface area contributed by atoms with Gasteiger partial charge in [0.2, 0.25) is 16.9 Å². The highest BCUT2D eigenvalue weighted by Crippen LogP contribution is 2.18. The van der Waals surface area contributed by atoms with E-state index in [1.807, 2.05) is 60.7 Å². The average Bonchev–Trinajstić information content (AvgIpc) is 3.34. The van der Waals surface area contributed by atoms with Crippen LogP contribution in [0.3, 0.4) is 0 Å². The van der Waals surface area contributed by atoms with Gasteiger partial charge in [-0.15, -0.1) is 15.3 Å². The standard InChI is InChI=1S/C27H29N7O2S/c28-23-14-13-22(31-32-23)11-4-5-12-26-33-34-27(37-26)30-25(36)17-20-9-6-10-21(15-20)18-29-24(35)16-19-7-2-1-3-8-19/h1-3,6-10,13-15H,4-5,11-12,16-18H2,(H2,28,32)(H,29,35)(H,30,34,36). The molecule has 190 valence electrons. The number of unbranched alkanes of at least 4 members (excludes halogenated alkanes) is 1. The summed E-state index contributed by atoms with van der Waals surface area (Å²) in [5.74, 6) is 0.221. The third-order valence-corrected chi connectivity index (χ3v) is 6.48. The molecule has 0 unspecified atom stereocenters. The zero-order valence-electron chi connectivity index (χ0n) is 20.4. The first kappa shape index (κ1) is 25.9. The molecule has 4 rings (SSSR count). The van der Waals surface area contributed by atoms with Crippen molar-refractivity contribution in [2.75, 3.05) is 11.1 Å². The summed E-state index contributed by atoms with van der Waals surface area (Å²) < 4.78 is 0. The highest BCUT2D eigenvalue weighted by atomic mass is 32.1. The molecule has 2 heterocycles. The summed E-state index contributed by atoms with van der Waals surface area (Å²) in [5.41, 5.74) is 9.25. The second-order valence-electron chi connectivity index (χ2n) is 8.64. The topological polar surface area (TPSA) is 136 Å². The van der Waals surface area contributed by atoms with Crippen LogP contribution in [-0.4, -0.2) is 32.2 Å². The number of nitrogens with two attached hydrogens (primary N) is 1. The van der Waals surface area contributed by atoms with Gasteiger partial charge in [-0.1, -0.05) is 65.9 Å². The molecule has 0 saturated heterocycles. The molecular weight excluding hydrogens is 486 g/mol.